The van der Waals surface area contributed by atoms with E-state index in [-0.39, 0.29) is 24.9 Å². The summed E-state index contributed by atoms with van der Waals surface area (Å²) >= 11 is 0. The Morgan fingerprint density at radius 1 is 1.35 bits per heavy atom. The van der Waals surface area contributed by atoms with Gasteiger partial charge in [0.2, 0.25) is 5.91 Å². The van der Waals surface area contributed by atoms with Gasteiger partial charge in [-0.25, -0.2) is 0 Å². The molecule has 1 aromatic rings. The van der Waals surface area contributed by atoms with Crippen LogP contribution in [0.15, 0.2) is 18.2 Å². The van der Waals surface area contributed by atoms with Gasteiger partial charge in [-0.05, 0) is 25.5 Å². The number of carbonyl (C=O) groups excluding carboxylic acids is 1. The Labute approximate surface area is 126 Å². The molecule has 3 N–H and O–H groups in total. The highest BCUT2D eigenvalue weighted by Crippen LogP contribution is 2.20. The van der Waals surface area contributed by atoms with Crippen LogP contribution in [0.5, 0.6) is 5.75 Å². The van der Waals surface area contributed by atoms with Gasteiger partial charge in [0.05, 0.1) is 13.2 Å². The van der Waals surface area contributed by atoms with Gasteiger partial charge in [0.25, 0.3) is 0 Å². The number of nitrogens with one attached hydrogen (secondary N) is 1. The third-order valence-corrected chi connectivity index (χ3v) is 2.57. The first kappa shape index (κ1) is 18.7. The highest BCUT2D eigenvalue weighted by Gasteiger charge is 2.06. The largest absolute Gasteiger partial charge is 0.491 e. The highest BCUT2D eigenvalue weighted by molar-refractivity contribution is 5.85. The predicted molar refractivity (Wildman–Crippen MR) is 81.3 cm³/mol. The van der Waals surface area contributed by atoms with Crippen LogP contribution in [0.4, 0.5) is 0 Å². The third-order valence-electron chi connectivity index (χ3n) is 2.57. The molecule has 1 rings (SSSR count). The molecule has 0 aromatic heterocycles. The summed E-state index contributed by atoms with van der Waals surface area (Å²) in [5, 5.41) is 2.73. The van der Waals surface area contributed by atoms with Crippen molar-refractivity contribution in [2.45, 2.75) is 20.4 Å². The molecule has 1 amide bonds. The monoisotopic (exact) mass is 302 g/mol. The van der Waals surface area contributed by atoms with Gasteiger partial charge in [0, 0.05) is 18.7 Å². The fourth-order valence-electron chi connectivity index (χ4n) is 1.56. The first-order valence-electron chi connectivity index (χ1n) is 6.44. The predicted octanol–water partition coefficient (Wildman–Crippen LogP) is 1.41. The van der Waals surface area contributed by atoms with Gasteiger partial charge in [0.15, 0.2) is 0 Å². The number of nitrogens with two attached hydrogens (primary N) is 1. The van der Waals surface area contributed by atoms with Crippen LogP contribution >= 0.6 is 12.4 Å². The standard InChI is InChI=1S/C14H22N2O3.ClH/c1-3-18-6-7-19-13-8-11(2)4-5-12(13)10-16-14(17)9-15;/h4-5,8H,3,6-7,9-10,15H2,1-2H3,(H,16,17);1H. The lowest BCUT2D eigenvalue weighted by molar-refractivity contribution is -0.119. The van der Waals surface area contributed by atoms with Crippen LogP contribution in [0.25, 0.3) is 0 Å². The Hall–Kier alpha value is -1.30. The number of ether oxygens (including phenoxy) is 2. The number of carbonyl (C=O) groups is 1. The minimum Gasteiger partial charge on any atom is -0.491 e. The molecule has 6 heteroatoms. The normalized spacial score (nSPS) is 9.75. The molecule has 0 aliphatic carbocycles. The second-order valence-corrected chi connectivity index (χ2v) is 4.14. The molecule has 5 nitrogen and oxygen atoms in total. The van der Waals surface area contributed by atoms with Crippen molar-refractivity contribution < 1.29 is 14.3 Å². The van der Waals surface area contributed by atoms with Crippen LogP contribution in [-0.2, 0) is 16.1 Å². The van der Waals surface area contributed by atoms with E-state index in [9.17, 15) is 4.79 Å². The van der Waals surface area contributed by atoms with E-state index in [1.165, 1.54) is 0 Å². The van der Waals surface area contributed by atoms with E-state index in [1.807, 2.05) is 32.0 Å². The van der Waals surface area contributed by atoms with Gasteiger partial charge in [0.1, 0.15) is 12.4 Å². The van der Waals surface area contributed by atoms with Crippen molar-refractivity contribution in [2.24, 2.45) is 5.73 Å². The Kier molecular flexibility index (Phi) is 9.80. The molecule has 0 saturated carbocycles. The zero-order valence-corrected chi connectivity index (χ0v) is 12.8. The Morgan fingerprint density at radius 2 is 2.10 bits per heavy atom. The zero-order chi connectivity index (χ0) is 14.1. The molecule has 1 aromatic carbocycles. The van der Waals surface area contributed by atoms with Crippen LogP contribution in [0.3, 0.4) is 0 Å². The van der Waals surface area contributed by atoms with E-state index < -0.39 is 0 Å². The average molecular weight is 303 g/mol. The molecule has 0 unspecified atom stereocenters. The molecule has 0 heterocycles. The molecule has 20 heavy (non-hydrogen) atoms. The van der Waals surface area contributed by atoms with Crippen molar-refractivity contribution in [3.8, 4) is 5.75 Å². The first-order valence-corrected chi connectivity index (χ1v) is 6.44. The van der Waals surface area contributed by atoms with Gasteiger partial charge in [-0.3, -0.25) is 4.79 Å². The van der Waals surface area contributed by atoms with Crippen LogP contribution in [0.1, 0.15) is 18.1 Å². The second kappa shape index (κ2) is 10.5. The number of hydrogen-bond acceptors (Lipinski definition) is 4. The number of amides is 1. The molecule has 114 valence electrons. The minimum atomic E-state index is -0.180. The summed E-state index contributed by atoms with van der Waals surface area (Å²) in [6, 6.07) is 5.89. The maximum Gasteiger partial charge on any atom is 0.234 e. The van der Waals surface area contributed by atoms with E-state index in [1.54, 1.807) is 0 Å². The van der Waals surface area contributed by atoms with Crippen molar-refractivity contribution in [3.05, 3.63) is 29.3 Å². The van der Waals surface area contributed by atoms with Crippen LogP contribution in [0.2, 0.25) is 0 Å². The molecule has 0 atom stereocenters. The van der Waals surface area contributed by atoms with Gasteiger partial charge in [-0.2, -0.15) is 0 Å². The highest BCUT2D eigenvalue weighted by atomic mass is 35.5. The number of halogens is 1. The lowest BCUT2D eigenvalue weighted by atomic mass is 10.1. The Bertz CT molecular complexity index is 413. The molecular formula is C14H23ClN2O3. The molecule has 0 radical (unpaired) electrons. The molecular weight excluding hydrogens is 280 g/mol. The maximum absolute atomic E-state index is 11.2. The first-order chi connectivity index (χ1) is 9.17. The van der Waals surface area contributed by atoms with E-state index in [0.717, 1.165) is 16.9 Å². The molecule has 0 aliphatic rings. The van der Waals surface area contributed by atoms with Crippen molar-refractivity contribution in [1.29, 1.82) is 0 Å². The lowest BCUT2D eigenvalue weighted by Gasteiger charge is -2.13. The van der Waals surface area contributed by atoms with Gasteiger partial charge in [-0.1, -0.05) is 12.1 Å². The van der Waals surface area contributed by atoms with Crippen LogP contribution in [-0.4, -0.2) is 32.3 Å². The molecule has 0 fully saturated rings. The topological polar surface area (TPSA) is 73.6 Å². The number of rotatable bonds is 8. The molecule has 0 saturated heterocycles. The summed E-state index contributed by atoms with van der Waals surface area (Å²) in [5.41, 5.74) is 7.30. The Morgan fingerprint density at radius 3 is 2.75 bits per heavy atom. The van der Waals surface area contributed by atoms with Crippen molar-refractivity contribution >= 4 is 18.3 Å². The van der Waals surface area contributed by atoms with Crippen LogP contribution in [0, 0.1) is 6.92 Å². The number of aryl methyl sites for hydroxylation is 1. The van der Waals surface area contributed by atoms with Gasteiger partial charge in [-0.15, -0.1) is 12.4 Å². The molecule has 0 bridgehead atoms. The third kappa shape index (κ3) is 6.75. The number of benzene rings is 1. The van der Waals surface area contributed by atoms with E-state index >= 15 is 0 Å². The minimum absolute atomic E-state index is 0. The molecule has 0 spiro atoms. The zero-order valence-electron chi connectivity index (χ0n) is 12.0. The second-order valence-electron chi connectivity index (χ2n) is 4.14. The van der Waals surface area contributed by atoms with E-state index in [4.69, 9.17) is 15.2 Å². The van der Waals surface area contributed by atoms with Crippen LogP contribution < -0.4 is 15.8 Å². The summed E-state index contributed by atoms with van der Waals surface area (Å²) in [6.07, 6.45) is 0. The van der Waals surface area contributed by atoms with Crippen molar-refractivity contribution in [1.82, 2.24) is 5.32 Å². The SMILES string of the molecule is CCOCCOc1cc(C)ccc1CNC(=O)CN.Cl. The fraction of sp³-hybridized carbons (Fsp3) is 0.500. The number of hydrogen-bond donors (Lipinski definition) is 2. The summed E-state index contributed by atoms with van der Waals surface area (Å²) in [7, 11) is 0. The summed E-state index contributed by atoms with van der Waals surface area (Å²) in [5.74, 6) is 0.595. The van der Waals surface area contributed by atoms with Crippen molar-refractivity contribution in [3.63, 3.8) is 0 Å². The smallest absolute Gasteiger partial charge is 0.234 e. The summed E-state index contributed by atoms with van der Waals surface area (Å²) in [6.45, 7) is 6.08. The van der Waals surface area contributed by atoms with Gasteiger partial charge < -0.3 is 20.5 Å². The average Bonchev–Trinajstić information content (AvgIpc) is 2.42. The van der Waals surface area contributed by atoms with E-state index in [2.05, 4.69) is 5.32 Å². The quantitative estimate of drug-likeness (QED) is 0.712. The van der Waals surface area contributed by atoms with Gasteiger partial charge >= 0.3 is 0 Å². The summed E-state index contributed by atoms with van der Waals surface area (Å²) in [4.78, 5) is 11.2. The van der Waals surface area contributed by atoms with E-state index in [0.29, 0.717) is 26.4 Å². The lowest BCUT2D eigenvalue weighted by Crippen LogP contribution is -2.29. The maximum atomic E-state index is 11.2. The fourth-order valence-corrected chi connectivity index (χ4v) is 1.56. The molecule has 0 aliphatic heterocycles. The van der Waals surface area contributed by atoms with Crippen molar-refractivity contribution in [2.75, 3.05) is 26.4 Å². The Balaban J connectivity index is 0.00000361. The summed E-state index contributed by atoms with van der Waals surface area (Å²) < 4.78 is 10.9.